The standard InChI is InChI=1S/C16H12BrCl2NO2/c1-22-16-10(8-11(18)9-13(16)19)6-7-15(21)20-14-5-3-2-4-12(14)17/h2-9H,1H3,(H,20,21)/b7-6+. The molecule has 2 aromatic rings. The average molecular weight is 401 g/mol. The van der Waals surface area contributed by atoms with Crippen LogP contribution >= 0.6 is 39.1 Å². The Bertz CT molecular complexity index is 732. The van der Waals surface area contributed by atoms with Gasteiger partial charge in [-0.25, -0.2) is 0 Å². The van der Waals surface area contributed by atoms with Crippen molar-refractivity contribution in [3.63, 3.8) is 0 Å². The topological polar surface area (TPSA) is 38.3 Å². The van der Waals surface area contributed by atoms with E-state index in [1.807, 2.05) is 18.2 Å². The van der Waals surface area contributed by atoms with Crippen LogP contribution in [0.15, 0.2) is 46.9 Å². The minimum Gasteiger partial charge on any atom is -0.495 e. The number of benzene rings is 2. The number of halogens is 3. The SMILES string of the molecule is COc1c(Cl)cc(Cl)cc1/C=C/C(=O)Nc1ccccc1Br. The molecule has 6 heteroatoms. The zero-order valence-corrected chi connectivity index (χ0v) is 14.7. The van der Waals surface area contributed by atoms with E-state index in [2.05, 4.69) is 21.2 Å². The molecular weight excluding hydrogens is 389 g/mol. The van der Waals surface area contributed by atoms with Crippen LogP contribution < -0.4 is 10.1 Å². The Hall–Kier alpha value is -1.49. The highest BCUT2D eigenvalue weighted by molar-refractivity contribution is 9.10. The predicted molar refractivity (Wildman–Crippen MR) is 94.8 cm³/mol. The smallest absolute Gasteiger partial charge is 0.248 e. The van der Waals surface area contributed by atoms with E-state index >= 15 is 0 Å². The van der Waals surface area contributed by atoms with Gasteiger partial charge in [0.25, 0.3) is 0 Å². The minimum atomic E-state index is -0.273. The van der Waals surface area contributed by atoms with Crippen LogP contribution in [0.2, 0.25) is 10.0 Å². The predicted octanol–water partition coefficient (Wildman–Crippen LogP) is 5.42. The van der Waals surface area contributed by atoms with Gasteiger partial charge in [0.1, 0.15) is 5.75 Å². The maximum absolute atomic E-state index is 12.0. The highest BCUT2D eigenvalue weighted by Gasteiger charge is 2.08. The third-order valence-corrected chi connectivity index (χ3v) is 3.98. The van der Waals surface area contributed by atoms with E-state index in [0.717, 1.165) is 4.47 Å². The van der Waals surface area contributed by atoms with Gasteiger partial charge in [-0.3, -0.25) is 4.79 Å². The Labute approximate surface area is 147 Å². The second-order valence-electron chi connectivity index (χ2n) is 4.31. The first kappa shape index (κ1) is 16.9. The highest BCUT2D eigenvalue weighted by atomic mass is 79.9. The number of rotatable bonds is 4. The van der Waals surface area contributed by atoms with E-state index in [0.29, 0.717) is 27.0 Å². The quantitative estimate of drug-likeness (QED) is 0.696. The van der Waals surface area contributed by atoms with Gasteiger partial charge in [0.05, 0.1) is 17.8 Å². The second kappa shape index (κ2) is 7.68. The molecule has 0 bridgehead atoms. The first-order valence-electron chi connectivity index (χ1n) is 6.28. The lowest BCUT2D eigenvalue weighted by molar-refractivity contribution is -0.111. The highest BCUT2D eigenvalue weighted by Crippen LogP contribution is 2.33. The Morgan fingerprint density at radius 2 is 2.00 bits per heavy atom. The van der Waals surface area contributed by atoms with Crippen LogP contribution in [0.25, 0.3) is 6.08 Å². The normalized spacial score (nSPS) is 10.7. The lowest BCUT2D eigenvalue weighted by Gasteiger charge is -2.08. The van der Waals surface area contributed by atoms with Crippen molar-refractivity contribution in [2.75, 3.05) is 12.4 Å². The summed E-state index contributed by atoms with van der Waals surface area (Å²) >= 11 is 15.4. The van der Waals surface area contributed by atoms with Gasteiger partial charge in [0.2, 0.25) is 5.91 Å². The summed E-state index contributed by atoms with van der Waals surface area (Å²) in [7, 11) is 1.51. The van der Waals surface area contributed by atoms with Crippen molar-refractivity contribution in [3.05, 3.63) is 62.6 Å². The van der Waals surface area contributed by atoms with Gasteiger partial charge in [-0.1, -0.05) is 35.3 Å². The van der Waals surface area contributed by atoms with Crippen LogP contribution in [0.4, 0.5) is 5.69 Å². The van der Waals surface area contributed by atoms with Crippen LogP contribution in [0.5, 0.6) is 5.75 Å². The number of methoxy groups -OCH3 is 1. The Morgan fingerprint density at radius 1 is 1.27 bits per heavy atom. The number of ether oxygens (including phenoxy) is 1. The molecule has 0 radical (unpaired) electrons. The molecule has 0 aromatic heterocycles. The maximum Gasteiger partial charge on any atom is 0.248 e. The molecule has 0 fully saturated rings. The van der Waals surface area contributed by atoms with Crippen LogP contribution in [0.3, 0.4) is 0 Å². The molecule has 0 spiro atoms. The van der Waals surface area contributed by atoms with Gasteiger partial charge in [0, 0.05) is 21.1 Å². The monoisotopic (exact) mass is 399 g/mol. The van der Waals surface area contributed by atoms with Crippen molar-refractivity contribution in [3.8, 4) is 5.75 Å². The van der Waals surface area contributed by atoms with E-state index in [9.17, 15) is 4.79 Å². The zero-order chi connectivity index (χ0) is 16.1. The molecular formula is C16H12BrCl2NO2. The minimum absolute atomic E-state index is 0.273. The van der Waals surface area contributed by atoms with Crippen LogP contribution in [0, 0.1) is 0 Å². The number of carbonyl (C=O) groups excluding carboxylic acids is 1. The molecule has 0 aliphatic carbocycles. The van der Waals surface area contributed by atoms with Gasteiger partial charge in [0.15, 0.2) is 0 Å². The molecule has 114 valence electrons. The molecule has 1 N–H and O–H groups in total. The van der Waals surface area contributed by atoms with E-state index in [1.54, 1.807) is 24.3 Å². The average Bonchev–Trinajstić information content (AvgIpc) is 2.47. The van der Waals surface area contributed by atoms with Crippen molar-refractivity contribution in [1.29, 1.82) is 0 Å². The van der Waals surface area contributed by atoms with Crippen molar-refractivity contribution < 1.29 is 9.53 Å². The Balaban J connectivity index is 2.18. The molecule has 22 heavy (non-hydrogen) atoms. The Morgan fingerprint density at radius 3 is 2.68 bits per heavy atom. The summed E-state index contributed by atoms with van der Waals surface area (Å²) in [5.41, 5.74) is 1.32. The molecule has 0 saturated carbocycles. The van der Waals surface area contributed by atoms with E-state index in [1.165, 1.54) is 13.2 Å². The van der Waals surface area contributed by atoms with E-state index < -0.39 is 0 Å². The largest absolute Gasteiger partial charge is 0.495 e. The van der Waals surface area contributed by atoms with Gasteiger partial charge in [-0.2, -0.15) is 0 Å². The lowest BCUT2D eigenvalue weighted by Crippen LogP contribution is -2.08. The van der Waals surface area contributed by atoms with Crippen molar-refractivity contribution in [1.82, 2.24) is 0 Å². The summed E-state index contributed by atoms with van der Waals surface area (Å²) in [6.07, 6.45) is 2.99. The summed E-state index contributed by atoms with van der Waals surface area (Å²) in [6.45, 7) is 0. The van der Waals surface area contributed by atoms with Crippen LogP contribution in [-0.4, -0.2) is 13.0 Å². The van der Waals surface area contributed by atoms with Gasteiger partial charge in [-0.15, -0.1) is 0 Å². The number of nitrogens with one attached hydrogen (secondary N) is 1. The summed E-state index contributed by atoms with van der Waals surface area (Å²) in [4.78, 5) is 12.0. The fraction of sp³-hybridized carbons (Fsp3) is 0.0625. The summed E-state index contributed by atoms with van der Waals surface area (Å²) in [6, 6.07) is 10.6. The summed E-state index contributed by atoms with van der Waals surface area (Å²) in [5, 5.41) is 3.63. The molecule has 2 rings (SSSR count). The Kier molecular flexibility index (Phi) is 5.89. The lowest BCUT2D eigenvalue weighted by atomic mass is 10.2. The molecule has 0 aliphatic heterocycles. The fourth-order valence-electron chi connectivity index (χ4n) is 1.82. The van der Waals surface area contributed by atoms with Gasteiger partial charge >= 0.3 is 0 Å². The summed E-state index contributed by atoms with van der Waals surface area (Å²) < 4.78 is 6.03. The first-order valence-corrected chi connectivity index (χ1v) is 7.83. The molecule has 0 saturated heterocycles. The van der Waals surface area contributed by atoms with E-state index in [4.69, 9.17) is 27.9 Å². The number of anilines is 1. The van der Waals surface area contributed by atoms with Crippen molar-refractivity contribution >= 4 is 56.8 Å². The van der Waals surface area contributed by atoms with Crippen LogP contribution in [0.1, 0.15) is 5.56 Å². The van der Waals surface area contributed by atoms with Crippen molar-refractivity contribution in [2.45, 2.75) is 0 Å². The van der Waals surface area contributed by atoms with Gasteiger partial charge in [-0.05, 0) is 46.3 Å². The fourth-order valence-corrected chi connectivity index (χ4v) is 2.79. The molecule has 3 nitrogen and oxygen atoms in total. The number of hydrogen-bond acceptors (Lipinski definition) is 2. The van der Waals surface area contributed by atoms with Crippen molar-refractivity contribution in [2.24, 2.45) is 0 Å². The zero-order valence-electron chi connectivity index (χ0n) is 11.6. The number of para-hydroxylation sites is 1. The number of amides is 1. The van der Waals surface area contributed by atoms with E-state index in [-0.39, 0.29) is 5.91 Å². The number of carbonyl (C=O) groups is 1. The van der Waals surface area contributed by atoms with Crippen LogP contribution in [-0.2, 0) is 4.79 Å². The van der Waals surface area contributed by atoms with Gasteiger partial charge < -0.3 is 10.1 Å². The number of hydrogen-bond donors (Lipinski definition) is 1. The third kappa shape index (κ3) is 4.26. The third-order valence-electron chi connectivity index (χ3n) is 2.79. The molecule has 2 aromatic carbocycles. The molecule has 0 atom stereocenters. The molecule has 1 amide bonds. The molecule has 0 unspecified atom stereocenters. The molecule has 0 aliphatic rings. The maximum atomic E-state index is 12.0. The molecule has 0 heterocycles. The first-order chi connectivity index (χ1) is 10.5. The summed E-state index contributed by atoms with van der Waals surface area (Å²) in [5.74, 6) is 0.195. The second-order valence-corrected chi connectivity index (χ2v) is 6.01.